The van der Waals surface area contributed by atoms with Crippen LogP contribution >= 0.6 is 0 Å². The summed E-state index contributed by atoms with van der Waals surface area (Å²) in [5, 5.41) is 24.4. The quantitative estimate of drug-likeness (QED) is 0.521. The van der Waals surface area contributed by atoms with Gasteiger partial charge in [0.15, 0.2) is 0 Å². The number of carbonyl (C=O) groups excluding carboxylic acids is 1. The second-order valence-electron chi connectivity index (χ2n) is 4.43. The summed E-state index contributed by atoms with van der Waals surface area (Å²) in [5.41, 5.74) is 0.492. The lowest BCUT2D eigenvalue weighted by Crippen LogP contribution is -2.45. The molecule has 0 heterocycles. The SMILES string of the molecule is CCC[C@H](NC(=O)NCc1cccc([N+](=O)[O-])c1)C(=O)O. The summed E-state index contributed by atoms with van der Waals surface area (Å²) >= 11 is 0. The van der Waals surface area contributed by atoms with Crippen LogP contribution in [-0.4, -0.2) is 28.1 Å². The number of carboxylic acids is 1. The first-order valence-electron chi connectivity index (χ1n) is 6.44. The first-order chi connectivity index (χ1) is 9.93. The molecule has 21 heavy (non-hydrogen) atoms. The molecule has 0 saturated heterocycles. The van der Waals surface area contributed by atoms with Gasteiger partial charge in [-0.05, 0) is 12.0 Å². The minimum Gasteiger partial charge on any atom is -0.480 e. The molecular weight excluding hydrogens is 278 g/mol. The summed E-state index contributed by atoms with van der Waals surface area (Å²) in [4.78, 5) is 32.6. The molecule has 114 valence electrons. The number of amides is 2. The Morgan fingerprint density at radius 3 is 2.71 bits per heavy atom. The second-order valence-corrected chi connectivity index (χ2v) is 4.43. The summed E-state index contributed by atoms with van der Waals surface area (Å²) in [5.74, 6) is -1.10. The number of rotatable bonds is 7. The first kappa shape index (κ1) is 16.4. The van der Waals surface area contributed by atoms with E-state index < -0.39 is 23.0 Å². The van der Waals surface area contributed by atoms with Crippen molar-refractivity contribution >= 4 is 17.7 Å². The van der Waals surface area contributed by atoms with Gasteiger partial charge in [0.1, 0.15) is 6.04 Å². The predicted octanol–water partition coefficient (Wildman–Crippen LogP) is 1.65. The summed E-state index contributed by atoms with van der Waals surface area (Å²) < 4.78 is 0. The van der Waals surface area contributed by atoms with Gasteiger partial charge in [0.2, 0.25) is 0 Å². The van der Waals surface area contributed by atoms with E-state index in [1.54, 1.807) is 6.07 Å². The topological polar surface area (TPSA) is 122 Å². The van der Waals surface area contributed by atoms with Crippen LogP contribution < -0.4 is 10.6 Å². The van der Waals surface area contributed by atoms with Crippen molar-refractivity contribution in [1.82, 2.24) is 10.6 Å². The van der Waals surface area contributed by atoms with Crippen molar-refractivity contribution in [2.24, 2.45) is 0 Å². The largest absolute Gasteiger partial charge is 0.480 e. The molecule has 1 rings (SSSR count). The smallest absolute Gasteiger partial charge is 0.326 e. The highest BCUT2D eigenvalue weighted by atomic mass is 16.6. The third kappa shape index (κ3) is 5.47. The molecule has 1 aromatic carbocycles. The minimum absolute atomic E-state index is 0.0656. The number of nitrogens with one attached hydrogen (secondary N) is 2. The van der Waals surface area contributed by atoms with Crippen LogP contribution in [0.2, 0.25) is 0 Å². The van der Waals surface area contributed by atoms with E-state index in [1.165, 1.54) is 18.2 Å². The van der Waals surface area contributed by atoms with Crippen LogP contribution in [0.1, 0.15) is 25.3 Å². The van der Waals surface area contributed by atoms with Crippen LogP contribution in [-0.2, 0) is 11.3 Å². The average molecular weight is 295 g/mol. The number of carbonyl (C=O) groups is 2. The van der Waals surface area contributed by atoms with E-state index in [4.69, 9.17) is 5.11 Å². The molecule has 2 amide bonds. The van der Waals surface area contributed by atoms with Gasteiger partial charge in [0.25, 0.3) is 5.69 Å². The van der Waals surface area contributed by atoms with E-state index in [1.807, 2.05) is 6.92 Å². The Morgan fingerprint density at radius 2 is 2.14 bits per heavy atom. The van der Waals surface area contributed by atoms with Crippen molar-refractivity contribution < 1.29 is 19.6 Å². The Bertz CT molecular complexity index is 532. The normalized spacial score (nSPS) is 11.5. The third-order valence-electron chi connectivity index (χ3n) is 2.76. The van der Waals surface area contributed by atoms with Crippen LogP contribution in [0.15, 0.2) is 24.3 Å². The number of aliphatic carboxylic acids is 1. The first-order valence-corrected chi connectivity index (χ1v) is 6.44. The van der Waals surface area contributed by atoms with E-state index in [9.17, 15) is 19.7 Å². The highest BCUT2D eigenvalue weighted by Crippen LogP contribution is 2.12. The van der Waals surface area contributed by atoms with Gasteiger partial charge in [-0.1, -0.05) is 25.5 Å². The number of urea groups is 1. The Hall–Kier alpha value is -2.64. The van der Waals surface area contributed by atoms with E-state index in [0.717, 1.165) is 0 Å². The van der Waals surface area contributed by atoms with Gasteiger partial charge in [0.05, 0.1) is 4.92 Å². The van der Waals surface area contributed by atoms with Gasteiger partial charge in [-0.2, -0.15) is 0 Å². The summed E-state index contributed by atoms with van der Waals surface area (Å²) in [6.07, 6.45) is 0.960. The molecule has 0 aliphatic heterocycles. The Morgan fingerprint density at radius 1 is 1.43 bits per heavy atom. The van der Waals surface area contributed by atoms with Crippen LogP contribution in [0.4, 0.5) is 10.5 Å². The Balaban J connectivity index is 2.54. The van der Waals surface area contributed by atoms with Gasteiger partial charge in [0, 0.05) is 18.7 Å². The zero-order valence-electron chi connectivity index (χ0n) is 11.5. The number of carboxylic acid groups (broad SMARTS) is 1. The predicted molar refractivity (Wildman–Crippen MR) is 74.8 cm³/mol. The van der Waals surface area contributed by atoms with Crippen LogP contribution in [0.3, 0.4) is 0 Å². The zero-order chi connectivity index (χ0) is 15.8. The van der Waals surface area contributed by atoms with Gasteiger partial charge < -0.3 is 15.7 Å². The molecule has 0 radical (unpaired) electrons. The molecule has 0 saturated carbocycles. The lowest BCUT2D eigenvalue weighted by molar-refractivity contribution is -0.384. The maximum absolute atomic E-state index is 11.6. The molecule has 0 aromatic heterocycles. The monoisotopic (exact) mass is 295 g/mol. The average Bonchev–Trinajstić information content (AvgIpc) is 2.45. The molecule has 8 heteroatoms. The van der Waals surface area contributed by atoms with Crippen molar-refractivity contribution in [1.29, 1.82) is 0 Å². The number of hydrogen-bond acceptors (Lipinski definition) is 4. The fourth-order valence-electron chi connectivity index (χ4n) is 1.72. The summed E-state index contributed by atoms with van der Waals surface area (Å²) in [6.45, 7) is 1.89. The molecule has 0 unspecified atom stereocenters. The number of nitro benzene ring substituents is 1. The Labute approximate surface area is 121 Å². The zero-order valence-corrected chi connectivity index (χ0v) is 11.5. The van der Waals surface area contributed by atoms with Crippen molar-refractivity contribution in [2.75, 3.05) is 0 Å². The van der Waals surface area contributed by atoms with E-state index in [-0.39, 0.29) is 12.2 Å². The fourth-order valence-corrected chi connectivity index (χ4v) is 1.72. The minimum atomic E-state index is -1.10. The number of hydrogen-bond donors (Lipinski definition) is 3. The highest BCUT2D eigenvalue weighted by molar-refractivity contribution is 5.82. The van der Waals surface area contributed by atoms with E-state index >= 15 is 0 Å². The number of benzene rings is 1. The molecule has 0 spiro atoms. The van der Waals surface area contributed by atoms with Crippen molar-refractivity contribution in [3.8, 4) is 0 Å². The standard InChI is InChI=1S/C13H17N3O5/c1-2-4-11(12(17)18)15-13(19)14-8-9-5-3-6-10(7-9)16(20)21/h3,5-7,11H,2,4,8H2,1H3,(H,17,18)(H2,14,15,19)/t11-/m0/s1. The lowest BCUT2D eigenvalue weighted by Gasteiger charge is -2.14. The summed E-state index contributed by atoms with van der Waals surface area (Å²) in [6, 6.07) is 4.28. The maximum Gasteiger partial charge on any atom is 0.326 e. The van der Waals surface area contributed by atoms with Crippen LogP contribution in [0, 0.1) is 10.1 Å². The van der Waals surface area contributed by atoms with Crippen molar-refractivity contribution in [3.63, 3.8) is 0 Å². The van der Waals surface area contributed by atoms with Gasteiger partial charge in [-0.25, -0.2) is 9.59 Å². The van der Waals surface area contributed by atoms with Gasteiger partial charge in [-0.3, -0.25) is 10.1 Å². The van der Waals surface area contributed by atoms with E-state index in [2.05, 4.69) is 10.6 Å². The van der Waals surface area contributed by atoms with Crippen molar-refractivity contribution in [3.05, 3.63) is 39.9 Å². The fraction of sp³-hybridized carbons (Fsp3) is 0.385. The van der Waals surface area contributed by atoms with Crippen LogP contribution in [0.5, 0.6) is 0 Å². The molecule has 0 aliphatic carbocycles. The van der Waals surface area contributed by atoms with Gasteiger partial charge in [-0.15, -0.1) is 0 Å². The van der Waals surface area contributed by atoms with Gasteiger partial charge >= 0.3 is 12.0 Å². The van der Waals surface area contributed by atoms with Crippen LogP contribution in [0.25, 0.3) is 0 Å². The molecule has 1 aromatic rings. The number of nitro groups is 1. The Kier molecular flexibility index (Phi) is 6.12. The molecule has 0 bridgehead atoms. The number of non-ortho nitro benzene ring substituents is 1. The molecule has 3 N–H and O–H groups in total. The lowest BCUT2D eigenvalue weighted by atomic mass is 10.2. The third-order valence-corrected chi connectivity index (χ3v) is 2.76. The summed E-state index contributed by atoms with van der Waals surface area (Å²) in [7, 11) is 0. The second kappa shape index (κ2) is 7.83. The molecule has 8 nitrogen and oxygen atoms in total. The van der Waals surface area contributed by atoms with Crippen molar-refractivity contribution in [2.45, 2.75) is 32.4 Å². The molecular formula is C13H17N3O5. The molecule has 0 aliphatic rings. The molecule has 1 atom stereocenters. The van der Waals surface area contributed by atoms with E-state index in [0.29, 0.717) is 18.4 Å². The highest BCUT2D eigenvalue weighted by Gasteiger charge is 2.18. The molecule has 0 fully saturated rings. The maximum atomic E-state index is 11.6. The number of nitrogens with zero attached hydrogens (tertiary/aromatic N) is 1.